The predicted octanol–water partition coefficient (Wildman–Crippen LogP) is 4.18. The fraction of sp³-hybridized carbons (Fsp3) is 0. The molecule has 96 valence electrons. The molecule has 0 aliphatic carbocycles. The third-order valence-electron chi connectivity index (χ3n) is 3.82. The third-order valence-corrected chi connectivity index (χ3v) is 3.82. The van der Waals surface area contributed by atoms with Crippen LogP contribution >= 0.6 is 0 Å². The summed E-state index contributed by atoms with van der Waals surface area (Å²) < 4.78 is 1.77. The molecule has 4 aromatic rings. The normalized spacial score (nSPS) is 11.2. The Morgan fingerprint density at radius 1 is 0.600 bits per heavy atom. The molecule has 1 heterocycles. The van der Waals surface area contributed by atoms with Crippen molar-refractivity contribution in [2.24, 2.45) is 0 Å². The van der Waals surface area contributed by atoms with Crippen LogP contribution in [0, 0.1) is 0 Å². The molecule has 0 bridgehead atoms. The van der Waals surface area contributed by atoms with Gasteiger partial charge in [-0.3, -0.25) is 4.68 Å². The van der Waals surface area contributed by atoms with Gasteiger partial charge in [0, 0.05) is 10.8 Å². The van der Waals surface area contributed by atoms with E-state index in [0.29, 0.717) is 0 Å². The molecule has 2 nitrogen and oxygen atoms in total. The molecule has 1 aromatic heterocycles. The number of benzene rings is 3. The predicted molar refractivity (Wildman–Crippen MR) is 85.0 cm³/mol. The van der Waals surface area contributed by atoms with E-state index in [4.69, 9.17) is 5.84 Å². The van der Waals surface area contributed by atoms with Gasteiger partial charge in [0.05, 0.1) is 11.0 Å². The van der Waals surface area contributed by atoms with Crippen LogP contribution in [0.1, 0.15) is 0 Å². The second kappa shape index (κ2) is 4.14. The number of hydrogen-bond acceptors (Lipinski definition) is 1. The first kappa shape index (κ1) is 11.1. The Balaban J connectivity index is 2.05. The molecule has 3 aromatic carbocycles. The summed E-state index contributed by atoms with van der Waals surface area (Å²) in [7, 11) is 0. The zero-order valence-electron chi connectivity index (χ0n) is 11.0. The number of para-hydroxylation sites is 1. The molecule has 4 rings (SSSR count). The summed E-state index contributed by atoms with van der Waals surface area (Å²) in [6.07, 6.45) is 0. The molecule has 20 heavy (non-hydrogen) atoms. The third kappa shape index (κ3) is 1.51. The number of nitrogens with two attached hydrogens (primary N) is 1. The summed E-state index contributed by atoms with van der Waals surface area (Å²) >= 11 is 0. The minimum Gasteiger partial charge on any atom is -0.339 e. The molecule has 0 aliphatic heterocycles. The molecule has 0 unspecified atom stereocenters. The van der Waals surface area contributed by atoms with E-state index in [1.807, 2.05) is 18.2 Å². The average Bonchev–Trinajstić information content (AvgIpc) is 2.81. The lowest BCUT2D eigenvalue weighted by molar-refractivity contribution is 1.12. The van der Waals surface area contributed by atoms with Crippen molar-refractivity contribution in [1.29, 1.82) is 0 Å². The Kier molecular flexibility index (Phi) is 2.30. The van der Waals surface area contributed by atoms with Crippen LogP contribution in [0.25, 0.3) is 32.9 Å². The Labute approximate surface area is 117 Å². The zero-order chi connectivity index (χ0) is 13.5. The molecule has 0 atom stereocenters. The number of nitrogens with zero attached hydrogens (tertiary/aromatic N) is 1. The van der Waals surface area contributed by atoms with Gasteiger partial charge in [-0.15, -0.1) is 0 Å². The largest absolute Gasteiger partial charge is 0.339 e. The Hall–Kier alpha value is -2.74. The highest BCUT2D eigenvalue weighted by Gasteiger charge is 2.09. The van der Waals surface area contributed by atoms with E-state index in [-0.39, 0.29) is 0 Å². The summed E-state index contributed by atoms with van der Waals surface area (Å²) in [6, 6.07) is 25.1. The van der Waals surface area contributed by atoms with Gasteiger partial charge in [0.1, 0.15) is 0 Å². The van der Waals surface area contributed by atoms with Crippen molar-refractivity contribution in [1.82, 2.24) is 4.68 Å². The molecule has 2 N–H and O–H groups in total. The first-order chi connectivity index (χ1) is 9.84. The summed E-state index contributed by atoms with van der Waals surface area (Å²) in [4.78, 5) is 0. The maximum absolute atomic E-state index is 6.24. The highest BCUT2D eigenvalue weighted by molar-refractivity contribution is 6.09. The van der Waals surface area contributed by atoms with Crippen LogP contribution < -0.4 is 5.84 Å². The van der Waals surface area contributed by atoms with Gasteiger partial charge in [-0.05, 0) is 23.3 Å². The van der Waals surface area contributed by atoms with Gasteiger partial charge < -0.3 is 5.84 Å². The van der Waals surface area contributed by atoms with E-state index in [1.54, 1.807) is 4.68 Å². The minimum absolute atomic E-state index is 1.06. The van der Waals surface area contributed by atoms with E-state index < -0.39 is 0 Å². The van der Waals surface area contributed by atoms with Crippen LogP contribution in [0.2, 0.25) is 0 Å². The summed E-state index contributed by atoms with van der Waals surface area (Å²) in [5.41, 5.74) is 4.52. The maximum Gasteiger partial charge on any atom is 0.0709 e. The highest BCUT2D eigenvalue weighted by atomic mass is 15.3. The van der Waals surface area contributed by atoms with Gasteiger partial charge in [0.15, 0.2) is 0 Å². The molecule has 2 heteroatoms. The fourth-order valence-electron chi connectivity index (χ4n) is 2.81. The van der Waals surface area contributed by atoms with Crippen LogP contribution in [-0.4, -0.2) is 4.68 Å². The molecule has 0 radical (unpaired) electrons. The molecule has 0 saturated heterocycles. The maximum atomic E-state index is 6.24. The van der Waals surface area contributed by atoms with Crippen LogP contribution in [0.4, 0.5) is 0 Å². The first-order valence-electron chi connectivity index (χ1n) is 6.68. The van der Waals surface area contributed by atoms with Crippen LogP contribution in [0.3, 0.4) is 0 Å². The molecule has 0 fully saturated rings. The van der Waals surface area contributed by atoms with Crippen LogP contribution in [0.5, 0.6) is 0 Å². The number of aromatic nitrogens is 1. The SMILES string of the molecule is Nn1c2ccccc2c2ccc(-c3ccccc3)cc21. The second-order valence-corrected chi connectivity index (χ2v) is 4.99. The summed E-state index contributed by atoms with van der Waals surface area (Å²) in [5, 5.41) is 2.40. The molecule has 0 saturated carbocycles. The topological polar surface area (TPSA) is 30.9 Å². The van der Waals surface area contributed by atoms with E-state index >= 15 is 0 Å². The van der Waals surface area contributed by atoms with Gasteiger partial charge in [0.25, 0.3) is 0 Å². The van der Waals surface area contributed by atoms with Gasteiger partial charge in [-0.1, -0.05) is 60.7 Å². The van der Waals surface area contributed by atoms with Crippen molar-refractivity contribution >= 4 is 21.8 Å². The zero-order valence-corrected chi connectivity index (χ0v) is 11.0. The molecular weight excluding hydrogens is 244 g/mol. The number of nitrogen functional groups attached to an aromatic ring is 1. The smallest absolute Gasteiger partial charge is 0.0709 e. The summed E-state index contributed by atoms with van der Waals surface area (Å²) in [6.45, 7) is 0. The lowest BCUT2D eigenvalue weighted by atomic mass is 10.0. The van der Waals surface area contributed by atoms with E-state index in [0.717, 1.165) is 11.0 Å². The van der Waals surface area contributed by atoms with Crippen molar-refractivity contribution in [3.63, 3.8) is 0 Å². The van der Waals surface area contributed by atoms with E-state index in [1.165, 1.54) is 21.9 Å². The monoisotopic (exact) mass is 258 g/mol. The van der Waals surface area contributed by atoms with Crippen molar-refractivity contribution in [3.8, 4) is 11.1 Å². The first-order valence-corrected chi connectivity index (χ1v) is 6.68. The summed E-state index contributed by atoms with van der Waals surface area (Å²) in [5.74, 6) is 6.24. The van der Waals surface area contributed by atoms with Crippen LogP contribution in [-0.2, 0) is 0 Å². The molecule has 0 spiro atoms. The average molecular weight is 258 g/mol. The minimum atomic E-state index is 1.06. The Morgan fingerprint density at radius 3 is 2.15 bits per heavy atom. The molecular formula is C18H14N2. The van der Waals surface area contributed by atoms with Gasteiger partial charge >= 0.3 is 0 Å². The Morgan fingerprint density at radius 2 is 1.30 bits per heavy atom. The van der Waals surface area contributed by atoms with Gasteiger partial charge in [-0.2, -0.15) is 0 Å². The number of fused-ring (bicyclic) bond motifs is 3. The van der Waals surface area contributed by atoms with E-state index in [2.05, 4.69) is 54.6 Å². The van der Waals surface area contributed by atoms with Crippen molar-refractivity contribution in [3.05, 3.63) is 72.8 Å². The van der Waals surface area contributed by atoms with Crippen LogP contribution in [0.15, 0.2) is 72.8 Å². The van der Waals surface area contributed by atoms with Crippen molar-refractivity contribution in [2.75, 3.05) is 5.84 Å². The number of rotatable bonds is 1. The highest BCUT2D eigenvalue weighted by Crippen LogP contribution is 2.30. The fourth-order valence-corrected chi connectivity index (χ4v) is 2.81. The van der Waals surface area contributed by atoms with Crippen molar-refractivity contribution in [2.45, 2.75) is 0 Å². The lowest BCUT2D eigenvalue weighted by Gasteiger charge is -2.03. The molecule has 0 aliphatic rings. The standard InChI is InChI=1S/C18H14N2/c19-20-17-9-5-4-8-15(17)16-11-10-14(12-18(16)20)13-6-2-1-3-7-13/h1-12H,19H2. The lowest BCUT2D eigenvalue weighted by Crippen LogP contribution is -2.06. The van der Waals surface area contributed by atoms with E-state index in [9.17, 15) is 0 Å². The van der Waals surface area contributed by atoms with Gasteiger partial charge in [0.2, 0.25) is 0 Å². The second-order valence-electron chi connectivity index (χ2n) is 4.99. The van der Waals surface area contributed by atoms with Crippen molar-refractivity contribution < 1.29 is 0 Å². The quantitative estimate of drug-likeness (QED) is 0.510. The van der Waals surface area contributed by atoms with Gasteiger partial charge in [-0.25, -0.2) is 0 Å². The number of hydrogen-bond donors (Lipinski definition) is 1. The molecule has 0 amide bonds. The Bertz CT molecular complexity index is 905.